The van der Waals surface area contributed by atoms with Crippen LogP contribution in [-0.4, -0.2) is 145 Å². The summed E-state index contributed by atoms with van der Waals surface area (Å²) in [5.74, 6) is 5.40. The van der Waals surface area contributed by atoms with Crippen LogP contribution in [0.1, 0.15) is 227 Å². The average molecular weight is 1380 g/mol. The Balaban J connectivity index is 0.759. The normalized spacial score (nSPS) is 31.2. The highest BCUT2D eigenvalue weighted by atomic mass is 16.5. The van der Waals surface area contributed by atoms with Crippen LogP contribution in [0, 0.1) is 59.2 Å². The highest BCUT2D eigenvalue weighted by Crippen LogP contribution is 2.65. The maximum absolute atomic E-state index is 14.1. The van der Waals surface area contributed by atoms with E-state index in [4.69, 9.17) is 9.47 Å². The molecular weight excluding hydrogens is 1250 g/mol. The van der Waals surface area contributed by atoms with E-state index >= 15 is 0 Å². The number of rotatable bonds is 36. The standard InChI is InChI=1S/C85H124N4O11/c1-4-5-6-7-8-9-24-99-77-19-13-57(34-74(77)81-41-61-28-62(42-81)30-63(29-61)43-81)20-22-84(54-95,87-79(97)70(48-90)16-12-56-10-14-67(15-11-56)68-17-18-76(96)73(35-68)80-38-58-25-59(39-80)27-60(26-58)40-80)85(98,86-72(49-91)50-92)88-83(52-93,53-94)51-89-23-21-69-37-78(100-55(2)3)75(36-71(69)47-89)82-44-64-31-65(45-82)33-66(32-64)46-82/h10-11,13-15,17-19,34-37,55,58-66,70,72,79,86-88,90-98H,4-9,12,16,20-33,38-54H2,1-3H3. The Labute approximate surface area is 597 Å². The largest absolute Gasteiger partial charge is 0.508 e. The van der Waals surface area contributed by atoms with Gasteiger partial charge in [-0.2, -0.15) is 0 Å². The predicted octanol–water partition coefficient (Wildman–Crippen LogP) is 11.8. The van der Waals surface area contributed by atoms with Gasteiger partial charge in [0.1, 0.15) is 29.0 Å². The Hall–Kier alpha value is -4.20. The van der Waals surface area contributed by atoms with Gasteiger partial charge in [-0.3, -0.25) is 20.9 Å². The summed E-state index contributed by atoms with van der Waals surface area (Å²) in [4.78, 5) is 2.20. The molecule has 0 aromatic heterocycles. The first-order valence-corrected chi connectivity index (χ1v) is 40.0. The molecule has 15 heteroatoms. The lowest BCUT2D eigenvalue weighted by Crippen LogP contribution is -2.84. The third-order valence-electron chi connectivity index (χ3n) is 27.8. The molecule has 1 aliphatic heterocycles. The lowest BCUT2D eigenvalue weighted by molar-refractivity contribution is -0.179. The van der Waals surface area contributed by atoms with Crippen LogP contribution in [0.4, 0.5) is 0 Å². The lowest BCUT2D eigenvalue weighted by atomic mass is 9.48. The summed E-state index contributed by atoms with van der Waals surface area (Å²) in [5.41, 5.74) is 6.47. The van der Waals surface area contributed by atoms with E-state index in [0.717, 1.165) is 126 Å². The van der Waals surface area contributed by atoms with Gasteiger partial charge in [-0.05, 0) is 301 Å². The number of nitrogens with zero attached hydrogens (tertiary/aromatic N) is 1. The van der Waals surface area contributed by atoms with E-state index in [1.807, 2.05) is 12.1 Å². The van der Waals surface area contributed by atoms with Crippen LogP contribution >= 0.6 is 0 Å². The van der Waals surface area contributed by atoms with Crippen molar-refractivity contribution in [2.75, 3.05) is 59.3 Å². The molecule has 17 rings (SSSR count). The molecule has 4 aromatic carbocycles. The number of benzene rings is 4. The molecule has 0 spiro atoms. The highest BCUT2D eigenvalue weighted by molar-refractivity contribution is 5.67. The van der Waals surface area contributed by atoms with Gasteiger partial charge in [0.15, 0.2) is 5.85 Å². The van der Waals surface area contributed by atoms with Crippen molar-refractivity contribution in [2.45, 2.75) is 265 Å². The number of aliphatic hydroxyl groups is 8. The number of hydrogen-bond donors (Lipinski definition) is 12. The third kappa shape index (κ3) is 14.9. The molecule has 12 N–H and O–H groups in total. The fraction of sp³-hybridized carbons (Fsp3) is 0.718. The smallest absolute Gasteiger partial charge is 0.194 e. The van der Waals surface area contributed by atoms with Gasteiger partial charge in [-0.15, -0.1) is 0 Å². The molecule has 0 radical (unpaired) electrons. The summed E-state index contributed by atoms with van der Waals surface area (Å²) >= 11 is 0. The predicted molar refractivity (Wildman–Crippen MR) is 392 cm³/mol. The second kappa shape index (κ2) is 30.3. The number of unbranched alkanes of at least 4 members (excludes halogenated alkanes) is 5. The Kier molecular flexibility index (Phi) is 22.1. The Morgan fingerprint density at radius 3 is 1.61 bits per heavy atom. The lowest BCUT2D eigenvalue weighted by Gasteiger charge is -2.57. The SMILES string of the molecule is CCCCCCCCOc1ccc(CCC(CO)(NC(O)C(CO)CCc2ccc(-c3ccc(O)c(C45CC6CC(CC(C6)C4)C5)c3)cc2)C(O)(NC(CO)CO)NC(CO)(CO)CN2CCc3cc(OC(C)C)c(C45CC6CC(CC(C6)C4)C5)cc3C2)cc1C12CC3CC(CC(C3)C1)C2. The summed E-state index contributed by atoms with van der Waals surface area (Å²) in [7, 11) is 0. The van der Waals surface area contributed by atoms with E-state index in [-0.39, 0.29) is 41.7 Å². The van der Waals surface area contributed by atoms with Crippen molar-refractivity contribution in [2.24, 2.45) is 59.2 Å². The molecule has 12 bridgehead atoms. The van der Waals surface area contributed by atoms with Gasteiger partial charge in [0, 0.05) is 48.8 Å². The first-order chi connectivity index (χ1) is 48.3. The van der Waals surface area contributed by atoms with Crippen LogP contribution in [-0.2, 0) is 42.1 Å². The Morgan fingerprint density at radius 2 is 1.08 bits per heavy atom. The van der Waals surface area contributed by atoms with Gasteiger partial charge in [-0.25, -0.2) is 0 Å². The zero-order chi connectivity index (χ0) is 69.6. The molecule has 0 saturated heterocycles. The van der Waals surface area contributed by atoms with Gasteiger partial charge in [0.05, 0.1) is 57.3 Å². The van der Waals surface area contributed by atoms with Crippen LogP contribution in [0.25, 0.3) is 11.1 Å². The fourth-order valence-electron chi connectivity index (χ4n) is 24.1. The number of aromatic hydroxyl groups is 1. The molecule has 4 atom stereocenters. The number of aliphatic hydroxyl groups excluding tert-OH is 7. The minimum atomic E-state index is -2.60. The van der Waals surface area contributed by atoms with Gasteiger partial charge in [0.25, 0.3) is 0 Å². The molecule has 12 aliphatic carbocycles. The van der Waals surface area contributed by atoms with Crippen LogP contribution in [0.5, 0.6) is 17.2 Å². The summed E-state index contributed by atoms with van der Waals surface area (Å²) in [5, 5.41) is 118. The van der Waals surface area contributed by atoms with Crippen LogP contribution in [0.3, 0.4) is 0 Å². The third-order valence-corrected chi connectivity index (χ3v) is 27.8. The molecule has 550 valence electrons. The van der Waals surface area contributed by atoms with E-state index in [0.29, 0.717) is 62.5 Å². The van der Waals surface area contributed by atoms with Crippen molar-refractivity contribution >= 4 is 0 Å². The second-order valence-corrected chi connectivity index (χ2v) is 35.7. The van der Waals surface area contributed by atoms with E-state index < -0.39 is 74.8 Å². The first-order valence-electron chi connectivity index (χ1n) is 40.0. The van der Waals surface area contributed by atoms with E-state index in [1.165, 1.54) is 125 Å². The molecular formula is C85H124N4O11. The van der Waals surface area contributed by atoms with Crippen molar-refractivity contribution in [1.29, 1.82) is 0 Å². The van der Waals surface area contributed by atoms with Gasteiger partial charge < -0.3 is 55.4 Å². The molecule has 13 aliphatic rings. The average Bonchev–Trinajstić information content (AvgIpc) is 0.741. The summed E-state index contributed by atoms with van der Waals surface area (Å²) in [6, 6.07) is 24.6. The molecule has 1 heterocycles. The summed E-state index contributed by atoms with van der Waals surface area (Å²) in [6.45, 7) is 4.39. The molecule has 15 nitrogen and oxygen atoms in total. The summed E-state index contributed by atoms with van der Waals surface area (Å²) in [6.07, 6.45) is 29.4. The molecule has 4 unspecified atom stereocenters. The van der Waals surface area contributed by atoms with E-state index in [9.17, 15) is 46.0 Å². The number of phenols is 1. The topological polar surface area (TPSA) is 240 Å². The summed E-state index contributed by atoms with van der Waals surface area (Å²) < 4.78 is 13.6. The minimum absolute atomic E-state index is 0.0152. The first kappa shape index (κ1) is 72.7. The van der Waals surface area contributed by atoms with Crippen molar-refractivity contribution in [3.05, 3.63) is 112 Å². The molecule has 12 saturated carbocycles. The van der Waals surface area contributed by atoms with E-state index in [1.54, 1.807) is 0 Å². The molecule has 4 aromatic rings. The maximum Gasteiger partial charge on any atom is 0.194 e. The monoisotopic (exact) mass is 1380 g/mol. The van der Waals surface area contributed by atoms with Crippen LogP contribution in [0.15, 0.2) is 72.8 Å². The second-order valence-electron chi connectivity index (χ2n) is 35.7. The number of aryl methyl sites for hydroxylation is 2. The molecule has 12 fully saturated rings. The van der Waals surface area contributed by atoms with Crippen molar-refractivity contribution in [3.8, 4) is 28.4 Å². The highest BCUT2D eigenvalue weighted by Gasteiger charge is 2.59. The number of nitrogens with one attached hydrogen (secondary N) is 3. The number of fused-ring (bicyclic) bond motifs is 1. The number of hydrogen-bond acceptors (Lipinski definition) is 15. The minimum Gasteiger partial charge on any atom is -0.508 e. The van der Waals surface area contributed by atoms with Crippen molar-refractivity contribution in [3.63, 3.8) is 0 Å². The van der Waals surface area contributed by atoms with Crippen LogP contribution in [0.2, 0.25) is 0 Å². The van der Waals surface area contributed by atoms with Gasteiger partial charge in [-0.1, -0.05) is 81.5 Å². The zero-order valence-electron chi connectivity index (χ0n) is 60.8. The van der Waals surface area contributed by atoms with Gasteiger partial charge >= 0.3 is 0 Å². The number of ether oxygens (including phenoxy) is 2. The van der Waals surface area contributed by atoms with E-state index in [2.05, 4.69) is 102 Å². The Morgan fingerprint density at radius 1 is 0.550 bits per heavy atom. The fourth-order valence-corrected chi connectivity index (χ4v) is 24.1. The van der Waals surface area contributed by atoms with Crippen LogP contribution < -0.4 is 25.4 Å². The molecule has 0 amide bonds. The maximum atomic E-state index is 14.1. The van der Waals surface area contributed by atoms with Crippen molar-refractivity contribution in [1.82, 2.24) is 20.9 Å². The van der Waals surface area contributed by atoms with Gasteiger partial charge in [0.2, 0.25) is 0 Å². The zero-order valence-corrected chi connectivity index (χ0v) is 60.8. The quantitative estimate of drug-likeness (QED) is 0.0150. The number of phenolic OH excluding ortho intramolecular Hbond substituents is 1. The molecule has 100 heavy (non-hydrogen) atoms. The Bertz CT molecular complexity index is 3300. The van der Waals surface area contributed by atoms with Crippen molar-refractivity contribution < 1.29 is 55.4 Å².